The second-order valence-electron chi connectivity index (χ2n) is 4.52. The van der Waals surface area contributed by atoms with Crippen molar-refractivity contribution in [3.05, 3.63) is 59.4 Å². The number of nitrogens with zero attached hydrogens (tertiary/aromatic N) is 5. The van der Waals surface area contributed by atoms with Gasteiger partial charge in [0.15, 0.2) is 0 Å². The predicted octanol–water partition coefficient (Wildman–Crippen LogP) is 1.78. The van der Waals surface area contributed by atoms with Crippen LogP contribution in [0.4, 0.5) is 5.95 Å². The number of benzene rings is 1. The molecule has 0 saturated heterocycles. The lowest BCUT2D eigenvalue weighted by molar-refractivity contribution is 0.0952. The Hall–Kier alpha value is -3.00. The van der Waals surface area contributed by atoms with Crippen LogP contribution in [-0.4, -0.2) is 30.6 Å². The molecule has 3 rings (SSSR count). The number of aromatic nitrogens is 5. The van der Waals surface area contributed by atoms with E-state index in [9.17, 15) is 4.79 Å². The van der Waals surface area contributed by atoms with Gasteiger partial charge in [0, 0.05) is 17.4 Å². The molecule has 1 aromatic carbocycles. The number of rotatable bonds is 4. The molecule has 0 aliphatic carbocycles. The Labute approximate surface area is 136 Å². The van der Waals surface area contributed by atoms with Gasteiger partial charge in [0.1, 0.15) is 5.82 Å². The van der Waals surface area contributed by atoms with Crippen molar-refractivity contribution in [2.75, 3.05) is 5.43 Å². The first-order valence-electron chi connectivity index (χ1n) is 6.66. The van der Waals surface area contributed by atoms with E-state index in [0.717, 1.165) is 5.69 Å². The Morgan fingerprint density at radius 1 is 1.17 bits per heavy atom. The van der Waals surface area contributed by atoms with Crippen LogP contribution in [0.15, 0.2) is 42.7 Å². The van der Waals surface area contributed by atoms with Gasteiger partial charge >= 0.3 is 5.91 Å². The molecule has 2 heterocycles. The van der Waals surface area contributed by atoms with Crippen molar-refractivity contribution < 1.29 is 4.79 Å². The van der Waals surface area contributed by atoms with Crippen LogP contribution in [0.3, 0.4) is 0 Å². The van der Waals surface area contributed by atoms with E-state index in [-0.39, 0.29) is 11.8 Å². The molecule has 9 heteroatoms. The summed E-state index contributed by atoms with van der Waals surface area (Å²) >= 11 is 5.86. The molecule has 0 unspecified atom stereocenters. The molecule has 0 saturated carbocycles. The zero-order valence-corrected chi connectivity index (χ0v) is 12.8. The number of nitrogens with one attached hydrogen (secondary N) is 2. The van der Waals surface area contributed by atoms with Crippen LogP contribution in [-0.2, 0) is 0 Å². The molecule has 0 aliphatic heterocycles. The highest BCUT2D eigenvalue weighted by atomic mass is 35.5. The van der Waals surface area contributed by atoms with E-state index < -0.39 is 5.91 Å². The van der Waals surface area contributed by atoms with Crippen LogP contribution in [0.2, 0.25) is 5.02 Å². The van der Waals surface area contributed by atoms with Crippen LogP contribution in [0.25, 0.3) is 5.69 Å². The fourth-order valence-corrected chi connectivity index (χ4v) is 1.97. The molecule has 0 fully saturated rings. The average molecular weight is 330 g/mol. The lowest BCUT2D eigenvalue weighted by Gasteiger charge is -2.04. The summed E-state index contributed by atoms with van der Waals surface area (Å²) in [6, 6.07) is 8.74. The third-order valence-corrected chi connectivity index (χ3v) is 3.15. The van der Waals surface area contributed by atoms with Crippen molar-refractivity contribution in [1.82, 2.24) is 30.2 Å². The molecule has 1 amide bonds. The summed E-state index contributed by atoms with van der Waals surface area (Å²) in [4.78, 5) is 24.1. The van der Waals surface area contributed by atoms with Gasteiger partial charge in [-0.1, -0.05) is 11.6 Å². The Balaban J connectivity index is 1.75. The Morgan fingerprint density at radius 2 is 1.87 bits per heavy atom. The van der Waals surface area contributed by atoms with Crippen LogP contribution >= 0.6 is 11.6 Å². The van der Waals surface area contributed by atoms with E-state index >= 15 is 0 Å². The summed E-state index contributed by atoms with van der Waals surface area (Å²) in [5.41, 5.74) is 5.80. The lowest BCUT2D eigenvalue weighted by Crippen LogP contribution is -2.31. The third kappa shape index (κ3) is 3.43. The predicted molar refractivity (Wildman–Crippen MR) is 84.2 cm³/mol. The number of carbonyl (C=O) groups is 1. The SMILES string of the molecule is Cc1nc(C(=O)NNc2ncccn2)nn1-c1ccc(Cl)cc1. The van der Waals surface area contributed by atoms with Gasteiger partial charge in [0.2, 0.25) is 11.8 Å². The van der Waals surface area contributed by atoms with Crippen LogP contribution in [0.5, 0.6) is 0 Å². The summed E-state index contributed by atoms with van der Waals surface area (Å²) in [5, 5.41) is 4.81. The number of anilines is 1. The molecule has 0 spiro atoms. The summed E-state index contributed by atoms with van der Waals surface area (Å²) < 4.78 is 1.56. The number of halogens is 1. The molecule has 0 atom stereocenters. The molecular weight excluding hydrogens is 318 g/mol. The van der Waals surface area contributed by atoms with Gasteiger partial charge in [0.25, 0.3) is 0 Å². The molecule has 3 aromatic rings. The van der Waals surface area contributed by atoms with E-state index in [4.69, 9.17) is 11.6 Å². The van der Waals surface area contributed by atoms with Gasteiger partial charge in [0.05, 0.1) is 5.69 Å². The number of amides is 1. The highest BCUT2D eigenvalue weighted by Gasteiger charge is 2.15. The van der Waals surface area contributed by atoms with Gasteiger partial charge < -0.3 is 0 Å². The Kier molecular flexibility index (Phi) is 4.15. The van der Waals surface area contributed by atoms with Crippen LogP contribution < -0.4 is 10.9 Å². The van der Waals surface area contributed by atoms with E-state index in [1.165, 1.54) is 0 Å². The molecule has 23 heavy (non-hydrogen) atoms. The summed E-state index contributed by atoms with van der Waals surface area (Å²) in [7, 11) is 0. The zero-order chi connectivity index (χ0) is 16.2. The van der Waals surface area contributed by atoms with Crippen molar-refractivity contribution in [2.45, 2.75) is 6.92 Å². The Morgan fingerprint density at radius 3 is 2.57 bits per heavy atom. The van der Waals surface area contributed by atoms with Crippen LogP contribution in [0.1, 0.15) is 16.4 Å². The first-order chi connectivity index (χ1) is 11.1. The molecule has 116 valence electrons. The zero-order valence-electron chi connectivity index (χ0n) is 12.1. The standard InChI is InChI=1S/C14H12ClN7O/c1-9-18-12(13(23)19-20-14-16-7-2-8-17-14)21-22(9)11-5-3-10(15)4-6-11/h2-8H,1H3,(H,19,23)(H,16,17,20). The van der Waals surface area contributed by atoms with Gasteiger partial charge in [-0.3, -0.25) is 15.6 Å². The van der Waals surface area contributed by atoms with Crippen molar-refractivity contribution in [1.29, 1.82) is 0 Å². The molecule has 0 bridgehead atoms. The first kappa shape index (κ1) is 14.9. The molecule has 2 aromatic heterocycles. The first-order valence-corrected chi connectivity index (χ1v) is 7.04. The van der Waals surface area contributed by atoms with E-state index in [1.807, 2.05) is 0 Å². The van der Waals surface area contributed by atoms with Crippen molar-refractivity contribution in [3.63, 3.8) is 0 Å². The maximum absolute atomic E-state index is 12.1. The fraction of sp³-hybridized carbons (Fsp3) is 0.0714. The van der Waals surface area contributed by atoms with Gasteiger partial charge in [-0.2, -0.15) is 0 Å². The molecule has 8 nitrogen and oxygen atoms in total. The van der Waals surface area contributed by atoms with E-state index in [1.54, 1.807) is 54.3 Å². The number of carbonyl (C=O) groups excluding carboxylic acids is 1. The van der Waals surface area contributed by atoms with Crippen molar-refractivity contribution in [3.8, 4) is 5.69 Å². The quantitative estimate of drug-likeness (QED) is 0.708. The highest BCUT2D eigenvalue weighted by molar-refractivity contribution is 6.30. The lowest BCUT2D eigenvalue weighted by atomic mass is 10.3. The number of aryl methyl sites for hydroxylation is 1. The number of hydrazine groups is 1. The smallest absolute Gasteiger partial charge is 0.265 e. The minimum Gasteiger partial charge on any atom is -0.265 e. The molecule has 0 aliphatic rings. The van der Waals surface area contributed by atoms with Crippen LogP contribution in [0, 0.1) is 6.92 Å². The van der Waals surface area contributed by atoms with Crippen molar-refractivity contribution >= 4 is 23.5 Å². The van der Waals surface area contributed by atoms with Gasteiger partial charge in [-0.15, -0.1) is 5.10 Å². The number of hydrogen-bond acceptors (Lipinski definition) is 6. The average Bonchev–Trinajstić information content (AvgIpc) is 2.96. The normalized spacial score (nSPS) is 10.3. The van der Waals surface area contributed by atoms with E-state index in [0.29, 0.717) is 10.8 Å². The second-order valence-corrected chi connectivity index (χ2v) is 4.96. The fourth-order valence-electron chi connectivity index (χ4n) is 1.85. The Bertz CT molecular complexity index is 817. The molecule has 0 radical (unpaired) electrons. The highest BCUT2D eigenvalue weighted by Crippen LogP contribution is 2.14. The largest absolute Gasteiger partial charge is 0.309 e. The van der Waals surface area contributed by atoms with Gasteiger partial charge in [-0.25, -0.2) is 19.6 Å². The minimum absolute atomic E-state index is 0.0286. The molecule has 2 N–H and O–H groups in total. The summed E-state index contributed by atoms with van der Waals surface area (Å²) in [5.74, 6) is 0.386. The number of hydrogen-bond donors (Lipinski definition) is 2. The topological polar surface area (TPSA) is 97.6 Å². The molecular formula is C14H12ClN7O. The van der Waals surface area contributed by atoms with E-state index in [2.05, 4.69) is 30.9 Å². The van der Waals surface area contributed by atoms with Crippen molar-refractivity contribution in [2.24, 2.45) is 0 Å². The van der Waals surface area contributed by atoms with Gasteiger partial charge in [-0.05, 0) is 37.3 Å². The maximum atomic E-state index is 12.1. The second kappa shape index (κ2) is 6.41. The summed E-state index contributed by atoms with van der Waals surface area (Å²) in [6.45, 7) is 1.76. The monoisotopic (exact) mass is 329 g/mol. The third-order valence-electron chi connectivity index (χ3n) is 2.90. The maximum Gasteiger partial charge on any atom is 0.309 e. The summed E-state index contributed by atoms with van der Waals surface area (Å²) in [6.07, 6.45) is 3.11. The minimum atomic E-state index is -0.492.